The third kappa shape index (κ3) is 2.45. The van der Waals surface area contributed by atoms with Gasteiger partial charge in [-0.3, -0.25) is 4.21 Å². The SMILES string of the molecule is CCS(=O)C1CCc2cc(OC)ccc2C1NC. The van der Waals surface area contributed by atoms with Crippen molar-refractivity contribution in [2.45, 2.75) is 31.1 Å². The number of nitrogens with one attached hydrogen (secondary N) is 1. The van der Waals surface area contributed by atoms with E-state index in [1.54, 1.807) is 7.11 Å². The molecule has 0 spiro atoms. The second-order valence-corrected chi connectivity index (χ2v) is 6.52. The molecule has 1 N–H and O–H groups in total. The molecule has 0 radical (unpaired) electrons. The van der Waals surface area contributed by atoms with Crippen LogP contribution in [0.4, 0.5) is 0 Å². The van der Waals surface area contributed by atoms with Crippen molar-refractivity contribution in [2.75, 3.05) is 19.9 Å². The third-order valence-corrected chi connectivity index (χ3v) is 5.44. The summed E-state index contributed by atoms with van der Waals surface area (Å²) in [6, 6.07) is 6.39. The van der Waals surface area contributed by atoms with Gasteiger partial charge in [0.05, 0.1) is 12.4 Å². The molecule has 1 aliphatic carbocycles. The summed E-state index contributed by atoms with van der Waals surface area (Å²) in [5.41, 5.74) is 2.59. The zero-order valence-corrected chi connectivity index (χ0v) is 12.0. The largest absolute Gasteiger partial charge is 0.497 e. The van der Waals surface area contributed by atoms with Crippen LogP contribution in [0.15, 0.2) is 18.2 Å². The predicted octanol–water partition coefficient (Wildman–Crippen LogP) is 2.04. The Kier molecular flexibility index (Phi) is 4.40. The first-order valence-corrected chi connectivity index (χ1v) is 7.80. The Morgan fingerprint density at radius 3 is 2.89 bits per heavy atom. The number of rotatable bonds is 4. The van der Waals surface area contributed by atoms with Gasteiger partial charge in [0.15, 0.2) is 0 Å². The van der Waals surface area contributed by atoms with E-state index in [9.17, 15) is 4.21 Å². The van der Waals surface area contributed by atoms with Gasteiger partial charge in [-0.2, -0.15) is 0 Å². The zero-order chi connectivity index (χ0) is 13.1. The van der Waals surface area contributed by atoms with E-state index in [-0.39, 0.29) is 11.3 Å². The van der Waals surface area contributed by atoms with E-state index in [4.69, 9.17) is 4.74 Å². The van der Waals surface area contributed by atoms with E-state index in [1.807, 2.05) is 20.0 Å². The highest BCUT2D eigenvalue weighted by atomic mass is 32.2. The van der Waals surface area contributed by atoms with E-state index >= 15 is 0 Å². The van der Waals surface area contributed by atoms with Crippen LogP contribution in [0, 0.1) is 0 Å². The number of methoxy groups -OCH3 is 1. The van der Waals surface area contributed by atoms with E-state index in [1.165, 1.54) is 11.1 Å². The van der Waals surface area contributed by atoms with E-state index in [0.29, 0.717) is 0 Å². The molecule has 0 aromatic heterocycles. The van der Waals surface area contributed by atoms with Crippen molar-refractivity contribution >= 4 is 10.8 Å². The average molecular weight is 267 g/mol. The lowest BCUT2D eigenvalue weighted by molar-refractivity contribution is 0.412. The van der Waals surface area contributed by atoms with Crippen molar-refractivity contribution in [3.8, 4) is 5.75 Å². The van der Waals surface area contributed by atoms with Gasteiger partial charge in [0.2, 0.25) is 0 Å². The molecule has 0 saturated heterocycles. The quantitative estimate of drug-likeness (QED) is 0.907. The smallest absolute Gasteiger partial charge is 0.119 e. The summed E-state index contributed by atoms with van der Waals surface area (Å²) in [7, 11) is 2.89. The topological polar surface area (TPSA) is 38.3 Å². The van der Waals surface area contributed by atoms with Gasteiger partial charge in [-0.25, -0.2) is 0 Å². The summed E-state index contributed by atoms with van der Waals surface area (Å²) in [6.45, 7) is 1.99. The van der Waals surface area contributed by atoms with Gasteiger partial charge >= 0.3 is 0 Å². The molecule has 100 valence electrons. The molecule has 2 rings (SSSR count). The van der Waals surface area contributed by atoms with Crippen LogP contribution in [0.2, 0.25) is 0 Å². The Hall–Kier alpha value is -0.870. The van der Waals surface area contributed by atoms with Crippen molar-refractivity contribution in [2.24, 2.45) is 0 Å². The van der Waals surface area contributed by atoms with Gasteiger partial charge in [-0.1, -0.05) is 13.0 Å². The van der Waals surface area contributed by atoms with Crippen LogP contribution in [0.25, 0.3) is 0 Å². The van der Waals surface area contributed by atoms with E-state index < -0.39 is 10.8 Å². The first kappa shape index (κ1) is 13.6. The minimum Gasteiger partial charge on any atom is -0.497 e. The molecular weight excluding hydrogens is 246 g/mol. The molecular formula is C14H21NO2S. The van der Waals surface area contributed by atoms with Gasteiger partial charge in [-0.15, -0.1) is 0 Å². The molecule has 1 aromatic carbocycles. The van der Waals surface area contributed by atoms with Crippen LogP contribution in [0.3, 0.4) is 0 Å². The Balaban J connectivity index is 2.34. The number of benzene rings is 1. The van der Waals surface area contributed by atoms with Gasteiger partial charge in [0.1, 0.15) is 5.75 Å². The minimum atomic E-state index is -0.752. The van der Waals surface area contributed by atoms with Crippen molar-refractivity contribution in [3.05, 3.63) is 29.3 Å². The number of hydrogen-bond acceptors (Lipinski definition) is 3. The standard InChI is InChI=1S/C14H21NO2S/c1-4-18(16)13-8-5-10-9-11(17-3)6-7-12(10)14(13)15-2/h6-7,9,13-15H,4-5,8H2,1-3H3. The van der Waals surface area contributed by atoms with Crippen molar-refractivity contribution in [3.63, 3.8) is 0 Å². The van der Waals surface area contributed by atoms with Gasteiger partial charge in [0.25, 0.3) is 0 Å². The van der Waals surface area contributed by atoms with Crippen LogP contribution in [-0.2, 0) is 17.2 Å². The summed E-state index contributed by atoms with van der Waals surface area (Å²) < 4.78 is 17.4. The Bertz CT molecular complexity index is 447. The van der Waals surface area contributed by atoms with Crippen molar-refractivity contribution in [1.29, 1.82) is 0 Å². The van der Waals surface area contributed by atoms with E-state index in [2.05, 4.69) is 17.4 Å². The molecule has 18 heavy (non-hydrogen) atoms. The summed E-state index contributed by atoms with van der Waals surface area (Å²) >= 11 is 0. The maximum absolute atomic E-state index is 12.1. The monoisotopic (exact) mass is 267 g/mol. The molecule has 3 atom stereocenters. The number of fused-ring (bicyclic) bond motifs is 1. The fourth-order valence-electron chi connectivity index (χ4n) is 2.73. The summed E-state index contributed by atoms with van der Waals surface area (Å²) in [5, 5.41) is 3.55. The van der Waals surface area contributed by atoms with Crippen LogP contribution in [0.5, 0.6) is 5.75 Å². The normalized spacial score (nSPS) is 24.4. The fourth-order valence-corrected chi connectivity index (χ4v) is 4.13. The van der Waals surface area contributed by atoms with E-state index in [0.717, 1.165) is 24.3 Å². The van der Waals surface area contributed by atoms with Crippen molar-refractivity contribution < 1.29 is 8.95 Å². The lowest BCUT2D eigenvalue weighted by Crippen LogP contribution is -2.37. The zero-order valence-electron chi connectivity index (χ0n) is 11.2. The number of aryl methyl sites for hydroxylation is 1. The number of hydrogen-bond donors (Lipinski definition) is 1. The maximum atomic E-state index is 12.1. The minimum absolute atomic E-state index is 0.195. The Labute approximate surface area is 111 Å². The lowest BCUT2D eigenvalue weighted by Gasteiger charge is -2.32. The molecule has 0 heterocycles. The van der Waals surface area contributed by atoms with Crippen LogP contribution < -0.4 is 10.1 Å². The van der Waals surface area contributed by atoms with Crippen LogP contribution in [-0.4, -0.2) is 29.4 Å². The molecule has 0 amide bonds. The van der Waals surface area contributed by atoms with Crippen molar-refractivity contribution in [1.82, 2.24) is 5.32 Å². The first-order chi connectivity index (χ1) is 8.71. The Morgan fingerprint density at radius 2 is 2.28 bits per heavy atom. The molecule has 1 aromatic rings. The highest BCUT2D eigenvalue weighted by Crippen LogP contribution is 2.34. The van der Waals surface area contributed by atoms with Crippen LogP contribution in [0.1, 0.15) is 30.5 Å². The molecule has 3 nitrogen and oxygen atoms in total. The fraction of sp³-hybridized carbons (Fsp3) is 0.571. The highest BCUT2D eigenvalue weighted by molar-refractivity contribution is 7.85. The molecule has 3 unspecified atom stereocenters. The maximum Gasteiger partial charge on any atom is 0.119 e. The number of ether oxygens (including phenoxy) is 1. The second-order valence-electron chi connectivity index (χ2n) is 4.58. The van der Waals surface area contributed by atoms with Gasteiger partial charge < -0.3 is 10.1 Å². The third-order valence-electron chi connectivity index (χ3n) is 3.69. The molecule has 0 bridgehead atoms. The van der Waals surface area contributed by atoms with Gasteiger partial charge in [0, 0.05) is 22.6 Å². The molecule has 0 fully saturated rings. The molecule has 0 saturated carbocycles. The summed E-state index contributed by atoms with van der Waals surface area (Å²) in [4.78, 5) is 0. The Morgan fingerprint density at radius 1 is 1.50 bits per heavy atom. The highest BCUT2D eigenvalue weighted by Gasteiger charge is 2.31. The van der Waals surface area contributed by atoms with Crippen LogP contribution >= 0.6 is 0 Å². The average Bonchev–Trinajstić information content (AvgIpc) is 2.44. The van der Waals surface area contributed by atoms with Gasteiger partial charge in [-0.05, 0) is 43.1 Å². The second kappa shape index (κ2) is 5.85. The summed E-state index contributed by atoms with van der Waals surface area (Å²) in [6.07, 6.45) is 1.97. The molecule has 0 aliphatic heterocycles. The summed E-state index contributed by atoms with van der Waals surface area (Å²) in [5.74, 6) is 1.63. The molecule has 4 heteroatoms. The lowest BCUT2D eigenvalue weighted by atomic mass is 9.87. The predicted molar refractivity (Wildman–Crippen MR) is 75.6 cm³/mol. The first-order valence-electron chi connectivity index (χ1n) is 6.42. The molecule has 1 aliphatic rings.